The minimum absolute atomic E-state index is 0.332. The van der Waals surface area contributed by atoms with Crippen molar-refractivity contribution in [2.45, 2.75) is 6.42 Å². The van der Waals surface area contributed by atoms with Gasteiger partial charge in [-0.3, -0.25) is 9.59 Å². The molecule has 0 aliphatic heterocycles. The third-order valence-corrected chi connectivity index (χ3v) is 3.37. The second kappa shape index (κ2) is 8.21. The number of carbonyl (C=O) groups excluding carboxylic acids is 2. The summed E-state index contributed by atoms with van der Waals surface area (Å²) in [6.45, 7) is 0. The molecule has 0 aliphatic carbocycles. The second-order valence-corrected chi connectivity index (χ2v) is 5.28. The average Bonchev–Trinajstić information content (AvgIpc) is 2.55. The molecule has 0 aromatic heterocycles. The van der Waals surface area contributed by atoms with Crippen LogP contribution in [-0.4, -0.2) is 26.0 Å². The summed E-state index contributed by atoms with van der Waals surface area (Å²) in [4.78, 5) is 23.9. The van der Waals surface area contributed by atoms with Gasteiger partial charge in [-0.1, -0.05) is 11.6 Å². The molecule has 126 valence electrons. The van der Waals surface area contributed by atoms with Crippen molar-refractivity contribution in [3.8, 4) is 11.5 Å². The van der Waals surface area contributed by atoms with E-state index in [1.807, 2.05) is 0 Å². The van der Waals surface area contributed by atoms with Crippen LogP contribution in [-0.2, 0) is 9.59 Å². The van der Waals surface area contributed by atoms with Gasteiger partial charge >= 0.3 is 0 Å². The maximum atomic E-state index is 12.0. The van der Waals surface area contributed by atoms with E-state index in [9.17, 15) is 9.59 Å². The number of ether oxygens (including phenoxy) is 2. The zero-order valence-corrected chi connectivity index (χ0v) is 14.0. The standard InChI is InChI=1S/C17H17ClN2O4/c1-23-13-6-4-12(5-7-13)19-16(21)10-17(22)20-14-9-11(18)3-8-15(14)24-2/h3-9H,10H2,1-2H3,(H,19,21)(H,20,22). The Balaban J connectivity index is 1.94. The van der Waals surface area contributed by atoms with E-state index in [-0.39, 0.29) is 6.42 Å². The molecule has 0 atom stereocenters. The molecule has 7 heteroatoms. The Hall–Kier alpha value is -2.73. The van der Waals surface area contributed by atoms with Gasteiger partial charge < -0.3 is 20.1 Å². The lowest BCUT2D eigenvalue weighted by Gasteiger charge is -2.11. The fourth-order valence-corrected chi connectivity index (χ4v) is 2.17. The minimum Gasteiger partial charge on any atom is -0.497 e. The normalized spacial score (nSPS) is 9.96. The first-order chi connectivity index (χ1) is 11.5. The van der Waals surface area contributed by atoms with Crippen molar-refractivity contribution < 1.29 is 19.1 Å². The van der Waals surface area contributed by atoms with Gasteiger partial charge in [0.2, 0.25) is 11.8 Å². The summed E-state index contributed by atoms with van der Waals surface area (Å²) in [6.07, 6.45) is -0.332. The van der Waals surface area contributed by atoms with Crippen molar-refractivity contribution in [1.82, 2.24) is 0 Å². The van der Waals surface area contributed by atoms with Gasteiger partial charge in [0.05, 0.1) is 19.9 Å². The van der Waals surface area contributed by atoms with E-state index < -0.39 is 11.8 Å². The Morgan fingerprint density at radius 1 is 0.958 bits per heavy atom. The highest BCUT2D eigenvalue weighted by molar-refractivity contribution is 6.31. The van der Waals surface area contributed by atoms with Crippen LogP contribution in [0, 0.1) is 0 Å². The molecule has 2 N–H and O–H groups in total. The molecular weight excluding hydrogens is 332 g/mol. The molecule has 2 aromatic carbocycles. The molecule has 0 saturated heterocycles. The summed E-state index contributed by atoms with van der Waals surface area (Å²) in [5.41, 5.74) is 0.987. The molecule has 0 bridgehead atoms. The first-order valence-electron chi connectivity index (χ1n) is 7.09. The van der Waals surface area contributed by atoms with E-state index >= 15 is 0 Å². The zero-order chi connectivity index (χ0) is 17.5. The van der Waals surface area contributed by atoms with Gasteiger partial charge in [-0.2, -0.15) is 0 Å². The molecule has 0 saturated carbocycles. The first-order valence-corrected chi connectivity index (χ1v) is 7.47. The summed E-state index contributed by atoms with van der Waals surface area (Å²) in [5.74, 6) is 0.238. The smallest absolute Gasteiger partial charge is 0.233 e. The van der Waals surface area contributed by atoms with Crippen LogP contribution in [0.2, 0.25) is 5.02 Å². The Morgan fingerprint density at radius 2 is 1.62 bits per heavy atom. The predicted molar refractivity (Wildman–Crippen MR) is 92.9 cm³/mol. The van der Waals surface area contributed by atoms with Crippen LogP contribution in [0.5, 0.6) is 11.5 Å². The van der Waals surface area contributed by atoms with Crippen molar-refractivity contribution >= 4 is 34.8 Å². The van der Waals surface area contributed by atoms with E-state index in [1.54, 1.807) is 49.6 Å². The van der Waals surface area contributed by atoms with Gasteiger partial charge in [-0.05, 0) is 42.5 Å². The second-order valence-electron chi connectivity index (χ2n) is 4.85. The quantitative estimate of drug-likeness (QED) is 0.785. The highest BCUT2D eigenvalue weighted by Gasteiger charge is 2.13. The van der Waals surface area contributed by atoms with Crippen molar-refractivity contribution in [3.63, 3.8) is 0 Å². The lowest BCUT2D eigenvalue weighted by atomic mass is 10.2. The number of rotatable bonds is 6. The third-order valence-electron chi connectivity index (χ3n) is 3.13. The number of anilines is 2. The number of hydrogen-bond acceptors (Lipinski definition) is 4. The maximum Gasteiger partial charge on any atom is 0.233 e. The zero-order valence-electron chi connectivity index (χ0n) is 13.3. The lowest BCUT2D eigenvalue weighted by Crippen LogP contribution is -2.21. The molecular formula is C17H17ClN2O4. The van der Waals surface area contributed by atoms with Crippen LogP contribution in [0.4, 0.5) is 11.4 Å². The maximum absolute atomic E-state index is 12.0. The highest BCUT2D eigenvalue weighted by Crippen LogP contribution is 2.27. The molecule has 6 nitrogen and oxygen atoms in total. The monoisotopic (exact) mass is 348 g/mol. The Kier molecular flexibility index (Phi) is 6.03. The SMILES string of the molecule is COc1ccc(NC(=O)CC(=O)Nc2cc(Cl)ccc2OC)cc1. The van der Waals surface area contributed by atoms with Gasteiger partial charge in [0.25, 0.3) is 0 Å². The number of amides is 2. The molecule has 0 radical (unpaired) electrons. The van der Waals surface area contributed by atoms with Crippen molar-refractivity contribution in [3.05, 3.63) is 47.5 Å². The van der Waals surface area contributed by atoms with Crippen LogP contribution in [0.3, 0.4) is 0 Å². The Labute approximate surface area is 144 Å². The van der Waals surface area contributed by atoms with E-state index in [0.717, 1.165) is 0 Å². The third kappa shape index (κ3) is 4.89. The number of halogens is 1. The molecule has 2 amide bonds. The van der Waals surface area contributed by atoms with Crippen LogP contribution >= 0.6 is 11.6 Å². The van der Waals surface area contributed by atoms with Gasteiger partial charge in [-0.25, -0.2) is 0 Å². The van der Waals surface area contributed by atoms with Crippen molar-refractivity contribution in [1.29, 1.82) is 0 Å². The molecule has 0 heterocycles. The number of carbonyl (C=O) groups is 2. The number of benzene rings is 2. The van der Waals surface area contributed by atoms with Gasteiger partial charge in [0.15, 0.2) is 0 Å². The lowest BCUT2D eigenvalue weighted by molar-refractivity contribution is -0.123. The summed E-state index contributed by atoms with van der Waals surface area (Å²) < 4.78 is 10.2. The van der Waals surface area contributed by atoms with Gasteiger partial charge in [0.1, 0.15) is 17.9 Å². The highest BCUT2D eigenvalue weighted by atomic mass is 35.5. The first kappa shape index (κ1) is 17.6. The van der Waals surface area contributed by atoms with Crippen LogP contribution in [0.25, 0.3) is 0 Å². The molecule has 0 fully saturated rings. The number of methoxy groups -OCH3 is 2. The van der Waals surface area contributed by atoms with E-state index in [0.29, 0.717) is 27.9 Å². The predicted octanol–water partition coefficient (Wildman–Crippen LogP) is 3.32. The van der Waals surface area contributed by atoms with Gasteiger partial charge in [-0.15, -0.1) is 0 Å². The fraction of sp³-hybridized carbons (Fsp3) is 0.176. The van der Waals surface area contributed by atoms with Crippen LogP contribution < -0.4 is 20.1 Å². The summed E-state index contributed by atoms with van der Waals surface area (Å²) in [6, 6.07) is 11.6. The summed E-state index contributed by atoms with van der Waals surface area (Å²) in [7, 11) is 3.04. The number of nitrogens with one attached hydrogen (secondary N) is 2. The molecule has 0 spiro atoms. The van der Waals surface area contributed by atoms with Crippen molar-refractivity contribution in [2.24, 2.45) is 0 Å². The fourth-order valence-electron chi connectivity index (χ4n) is 2.00. The number of hydrogen-bond donors (Lipinski definition) is 2. The van der Waals surface area contributed by atoms with E-state index in [2.05, 4.69) is 10.6 Å². The van der Waals surface area contributed by atoms with E-state index in [1.165, 1.54) is 7.11 Å². The summed E-state index contributed by atoms with van der Waals surface area (Å²) >= 11 is 5.90. The average molecular weight is 349 g/mol. The van der Waals surface area contributed by atoms with Crippen molar-refractivity contribution in [2.75, 3.05) is 24.9 Å². The minimum atomic E-state index is -0.471. The molecule has 24 heavy (non-hydrogen) atoms. The Morgan fingerprint density at radius 3 is 2.25 bits per heavy atom. The topological polar surface area (TPSA) is 76.7 Å². The molecule has 2 rings (SSSR count). The van der Waals surface area contributed by atoms with Gasteiger partial charge in [0, 0.05) is 10.7 Å². The summed E-state index contributed by atoms with van der Waals surface area (Å²) in [5, 5.41) is 5.70. The Bertz CT molecular complexity index is 732. The molecule has 0 aliphatic rings. The van der Waals surface area contributed by atoms with E-state index in [4.69, 9.17) is 21.1 Å². The van der Waals surface area contributed by atoms with Crippen LogP contribution in [0.15, 0.2) is 42.5 Å². The van der Waals surface area contributed by atoms with Crippen LogP contribution in [0.1, 0.15) is 6.42 Å². The molecule has 0 unspecified atom stereocenters. The largest absolute Gasteiger partial charge is 0.497 e. The molecule has 2 aromatic rings.